The second kappa shape index (κ2) is 7.26. The summed E-state index contributed by atoms with van der Waals surface area (Å²) in [6, 6.07) is 11.3. The Morgan fingerprint density at radius 3 is 2.55 bits per heavy atom. The summed E-state index contributed by atoms with van der Waals surface area (Å²) in [7, 11) is 0. The summed E-state index contributed by atoms with van der Waals surface area (Å²) in [6.07, 6.45) is 0. The van der Waals surface area contributed by atoms with E-state index >= 15 is 0 Å². The summed E-state index contributed by atoms with van der Waals surface area (Å²) in [5.74, 6) is 0.610. The lowest BCUT2D eigenvalue weighted by molar-refractivity contribution is -0.113. The first kappa shape index (κ1) is 14.8. The molecule has 2 rings (SSSR count). The highest BCUT2D eigenvalue weighted by molar-refractivity contribution is 8.00. The first-order valence-corrected chi connectivity index (χ1v) is 8.19. The number of hydrogen-bond donors (Lipinski definition) is 1. The molecule has 1 aromatic heterocycles. The zero-order valence-corrected chi connectivity index (χ0v) is 12.7. The molecule has 5 heteroatoms. The molecule has 0 fully saturated rings. The molecular weight excluding hydrogens is 290 g/mol. The van der Waals surface area contributed by atoms with Gasteiger partial charge in [0.1, 0.15) is 0 Å². The third kappa shape index (κ3) is 4.51. The number of anilines is 1. The van der Waals surface area contributed by atoms with E-state index in [0.29, 0.717) is 5.75 Å². The average molecular weight is 305 g/mol. The van der Waals surface area contributed by atoms with E-state index in [1.165, 1.54) is 23.1 Å². The van der Waals surface area contributed by atoms with Crippen molar-refractivity contribution in [3.05, 3.63) is 52.2 Å². The van der Waals surface area contributed by atoms with Crippen LogP contribution < -0.4 is 5.32 Å². The molecular formula is C15H15NO2S2. The Balaban J connectivity index is 1.73. The fourth-order valence-corrected chi connectivity index (χ4v) is 3.04. The molecule has 0 aliphatic rings. The van der Waals surface area contributed by atoms with E-state index < -0.39 is 0 Å². The number of benzene rings is 1. The molecule has 104 valence electrons. The summed E-state index contributed by atoms with van der Waals surface area (Å²) < 4.78 is 0. The molecule has 1 aromatic carbocycles. The van der Waals surface area contributed by atoms with Gasteiger partial charge in [0.25, 0.3) is 0 Å². The van der Waals surface area contributed by atoms with E-state index in [0.717, 1.165) is 16.1 Å². The first-order chi connectivity index (χ1) is 9.65. The maximum atomic E-state index is 11.7. The van der Waals surface area contributed by atoms with Crippen molar-refractivity contribution in [3.63, 3.8) is 0 Å². The fraction of sp³-hybridized carbons (Fsp3) is 0.200. The van der Waals surface area contributed by atoms with Crippen LogP contribution in [0.1, 0.15) is 15.2 Å². The number of amides is 1. The highest BCUT2D eigenvalue weighted by Crippen LogP contribution is 2.14. The molecule has 0 aliphatic carbocycles. The monoisotopic (exact) mass is 305 g/mol. The van der Waals surface area contributed by atoms with Gasteiger partial charge in [0.2, 0.25) is 5.91 Å². The molecule has 1 heterocycles. The number of carbonyl (C=O) groups excluding carboxylic acids is 2. The van der Waals surface area contributed by atoms with Crippen molar-refractivity contribution < 1.29 is 9.59 Å². The van der Waals surface area contributed by atoms with E-state index in [-0.39, 0.29) is 17.4 Å². The van der Waals surface area contributed by atoms with Crippen molar-refractivity contribution >= 4 is 40.5 Å². The third-order valence-corrected chi connectivity index (χ3v) is 4.44. The van der Waals surface area contributed by atoms with Crippen LogP contribution in [0.4, 0.5) is 5.69 Å². The van der Waals surface area contributed by atoms with Gasteiger partial charge in [-0.25, -0.2) is 0 Å². The Bertz CT molecular complexity index is 576. The Kier molecular flexibility index (Phi) is 5.38. The highest BCUT2D eigenvalue weighted by Gasteiger charge is 2.08. The minimum Gasteiger partial charge on any atom is -0.325 e. The van der Waals surface area contributed by atoms with Gasteiger partial charge >= 0.3 is 0 Å². The third-order valence-electron chi connectivity index (χ3n) is 2.60. The second-order valence-electron chi connectivity index (χ2n) is 4.31. The number of thioether (sulfide) groups is 1. The number of nitrogens with one attached hydrogen (secondary N) is 1. The number of aryl methyl sites for hydroxylation is 1. The SMILES string of the molecule is Cc1ccc(NC(=O)CSCC(=O)c2cccs2)cc1. The lowest BCUT2D eigenvalue weighted by Crippen LogP contribution is -2.15. The number of hydrogen-bond acceptors (Lipinski definition) is 4. The molecule has 2 aromatic rings. The minimum atomic E-state index is -0.0853. The van der Waals surface area contributed by atoms with Crippen LogP contribution in [0.2, 0.25) is 0 Å². The summed E-state index contributed by atoms with van der Waals surface area (Å²) in [6.45, 7) is 2.00. The fourth-order valence-electron chi connectivity index (χ4n) is 1.58. The zero-order chi connectivity index (χ0) is 14.4. The lowest BCUT2D eigenvalue weighted by atomic mass is 10.2. The molecule has 1 N–H and O–H groups in total. The van der Waals surface area contributed by atoms with Gasteiger partial charge in [-0.15, -0.1) is 23.1 Å². The Labute approximate surface area is 126 Å². The predicted molar refractivity (Wildman–Crippen MR) is 85.8 cm³/mol. The lowest BCUT2D eigenvalue weighted by Gasteiger charge is -2.05. The summed E-state index contributed by atoms with van der Waals surface area (Å²) in [4.78, 5) is 24.2. The molecule has 3 nitrogen and oxygen atoms in total. The van der Waals surface area contributed by atoms with Gasteiger partial charge in [0, 0.05) is 5.69 Å². The van der Waals surface area contributed by atoms with Crippen LogP contribution in [-0.4, -0.2) is 23.2 Å². The zero-order valence-electron chi connectivity index (χ0n) is 11.1. The van der Waals surface area contributed by atoms with Crippen molar-refractivity contribution in [1.29, 1.82) is 0 Å². The standard InChI is InChI=1S/C15H15NO2S2/c1-11-4-6-12(7-5-11)16-15(18)10-19-9-13(17)14-3-2-8-20-14/h2-8H,9-10H2,1H3,(H,16,18). The van der Waals surface area contributed by atoms with Crippen LogP contribution in [0.3, 0.4) is 0 Å². The van der Waals surface area contributed by atoms with Gasteiger partial charge in [-0.1, -0.05) is 23.8 Å². The summed E-state index contributed by atoms with van der Waals surface area (Å²) in [5.41, 5.74) is 1.93. The normalized spacial score (nSPS) is 10.2. The van der Waals surface area contributed by atoms with Crippen molar-refractivity contribution in [1.82, 2.24) is 0 Å². The van der Waals surface area contributed by atoms with Gasteiger partial charge in [-0.2, -0.15) is 0 Å². The number of carbonyl (C=O) groups is 2. The van der Waals surface area contributed by atoms with Crippen molar-refractivity contribution in [2.75, 3.05) is 16.8 Å². The molecule has 0 radical (unpaired) electrons. The Morgan fingerprint density at radius 1 is 1.15 bits per heavy atom. The molecule has 0 aliphatic heterocycles. The maximum Gasteiger partial charge on any atom is 0.234 e. The molecule has 0 unspecified atom stereocenters. The maximum absolute atomic E-state index is 11.7. The topological polar surface area (TPSA) is 46.2 Å². The molecule has 20 heavy (non-hydrogen) atoms. The van der Waals surface area contributed by atoms with Gasteiger partial charge in [-0.05, 0) is 30.5 Å². The van der Waals surface area contributed by atoms with Gasteiger partial charge in [0.05, 0.1) is 16.4 Å². The average Bonchev–Trinajstić information content (AvgIpc) is 2.95. The highest BCUT2D eigenvalue weighted by atomic mass is 32.2. The van der Waals surface area contributed by atoms with Crippen LogP contribution in [-0.2, 0) is 4.79 Å². The minimum absolute atomic E-state index is 0.0770. The van der Waals surface area contributed by atoms with Gasteiger partial charge in [0.15, 0.2) is 5.78 Å². The van der Waals surface area contributed by atoms with Gasteiger partial charge < -0.3 is 5.32 Å². The van der Waals surface area contributed by atoms with E-state index in [1.54, 1.807) is 6.07 Å². The van der Waals surface area contributed by atoms with Crippen LogP contribution in [0.15, 0.2) is 41.8 Å². The smallest absolute Gasteiger partial charge is 0.234 e. The number of Topliss-reactive ketones (excluding diaryl/α,β-unsaturated/α-hetero) is 1. The van der Waals surface area contributed by atoms with E-state index in [2.05, 4.69) is 5.32 Å². The van der Waals surface area contributed by atoms with Crippen molar-refractivity contribution in [2.24, 2.45) is 0 Å². The quantitative estimate of drug-likeness (QED) is 0.829. The van der Waals surface area contributed by atoms with E-state index in [9.17, 15) is 9.59 Å². The number of rotatable bonds is 6. The largest absolute Gasteiger partial charge is 0.325 e. The summed E-state index contributed by atoms with van der Waals surface area (Å²) in [5, 5.41) is 4.69. The van der Waals surface area contributed by atoms with Crippen LogP contribution >= 0.6 is 23.1 Å². The van der Waals surface area contributed by atoms with Crippen LogP contribution in [0.25, 0.3) is 0 Å². The van der Waals surface area contributed by atoms with Crippen molar-refractivity contribution in [2.45, 2.75) is 6.92 Å². The molecule has 0 saturated carbocycles. The molecule has 0 atom stereocenters. The van der Waals surface area contributed by atoms with E-state index in [4.69, 9.17) is 0 Å². The summed E-state index contributed by atoms with van der Waals surface area (Å²) >= 11 is 2.77. The van der Waals surface area contributed by atoms with Crippen LogP contribution in [0.5, 0.6) is 0 Å². The molecule has 1 amide bonds. The Hall–Kier alpha value is -1.59. The van der Waals surface area contributed by atoms with Crippen LogP contribution in [0, 0.1) is 6.92 Å². The second-order valence-corrected chi connectivity index (χ2v) is 6.24. The number of ketones is 1. The molecule has 0 spiro atoms. The predicted octanol–water partition coefficient (Wildman–Crippen LogP) is 3.61. The Morgan fingerprint density at radius 2 is 1.90 bits per heavy atom. The van der Waals surface area contributed by atoms with Crippen molar-refractivity contribution in [3.8, 4) is 0 Å². The number of thiophene rings is 1. The first-order valence-electron chi connectivity index (χ1n) is 6.16. The van der Waals surface area contributed by atoms with E-state index in [1.807, 2.05) is 42.6 Å². The van der Waals surface area contributed by atoms with Gasteiger partial charge in [-0.3, -0.25) is 9.59 Å². The molecule has 0 bridgehead atoms. The molecule has 0 saturated heterocycles.